The van der Waals surface area contributed by atoms with Crippen LogP contribution in [0.25, 0.3) is 0 Å². The molecule has 0 aliphatic heterocycles. The fraction of sp³-hybridized carbons (Fsp3) is 0.267. The minimum atomic E-state index is -0.103. The van der Waals surface area contributed by atoms with E-state index in [1.807, 2.05) is 18.4 Å². The van der Waals surface area contributed by atoms with E-state index in [9.17, 15) is 4.79 Å². The number of likely N-dealkylation sites (N-methyl/N-ethyl adjacent to an activating group) is 1. The lowest BCUT2D eigenvalue weighted by Gasteiger charge is -2.25. The largest absolute Gasteiger partial charge is 0.398 e. The predicted octanol–water partition coefficient (Wildman–Crippen LogP) is 3.69. The zero-order valence-corrected chi connectivity index (χ0v) is 13.0. The first kappa shape index (κ1) is 14.9. The van der Waals surface area contributed by atoms with Crippen molar-refractivity contribution in [1.82, 2.24) is 4.90 Å². The van der Waals surface area contributed by atoms with Crippen LogP contribution in [0.2, 0.25) is 5.02 Å². The van der Waals surface area contributed by atoms with E-state index in [1.165, 1.54) is 4.88 Å². The number of halogens is 1. The van der Waals surface area contributed by atoms with Crippen LogP contribution in [0.5, 0.6) is 0 Å². The van der Waals surface area contributed by atoms with Crippen molar-refractivity contribution in [3.8, 4) is 0 Å². The number of rotatable bonds is 4. The number of anilines is 1. The van der Waals surface area contributed by atoms with Crippen molar-refractivity contribution >= 4 is 34.5 Å². The van der Waals surface area contributed by atoms with Crippen LogP contribution in [0.1, 0.15) is 22.2 Å². The number of nitrogens with zero attached hydrogens (tertiary/aromatic N) is 1. The molecule has 1 heterocycles. The summed E-state index contributed by atoms with van der Waals surface area (Å²) < 4.78 is 0. The van der Waals surface area contributed by atoms with Crippen molar-refractivity contribution in [2.75, 3.05) is 12.8 Å². The maximum atomic E-state index is 12.5. The molecule has 106 valence electrons. The average molecular weight is 309 g/mol. The third kappa shape index (κ3) is 3.32. The van der Waals surface area contributed by atoms with E-state index in [-0.39, 0.29) is 11.9 Å². The van der Waals surface area contributed by atoms with E-state index in [2.05, 4.69) is 6.07 Å². The molecule has 2 rings (SSSR count). The Labute approximate surface area is 128 Å². The Hall–Kier alpha value is -1.52. The zero-order chi connectivity index (χ0) is 14.7. The molecule has 1 amide bonds. The quantitative estimate of drug-likeness (QED) is 0.876. The molecule has 0 saturated carbocycles. The maximum absolute atomic E-state index is 12.5. The van der Waals surface area contributed by atoms with Crippen molar-refractivity contribution in [2.24, 2.45) is 0 Å². The lowest BCUT2D eigenvalue weighted by Crippen LogP contribution is -2.36. The first-order valence-electron chi connectivity index (χ1n) is 6.33. The van der Waals surface area contributed by atoms with E-state index >= 15 is 0 Å². The number of amides is 1. The van der Waals surface area contributed by atoms with Crippen molar-refractivity contribution in [2.45, 2.75) is 19.4 Å². The number of hydrogen-bond acceptors (Lipinski definition) is 3. The maximum Gasteiger partial charge on any atom is 0.255 e. The van der Waals surface area contributed by atoms with Gasteiger partial charge in [0.1, 0.15) is 0 Å². The molecule has 0 saturated heterocycles. The lowest BCUT2D eigenvalue weighted by molar-refractivity contribution is 0.0745. The van der Waals surface area contributed by atoms with Crippen molar-refractivity contribution in [3.63, 3.8) is 0 Å². The Morgan fingerprint density at radius 2 is 2.20 bits per heavy atom. The lowest BCUT2D eigenvalue weighted by atomic mass is 10.1. The Kier molecular flexibility index (Phi) is 4.68. The summed E-state index contributed by atoms with van der Waals surface area (Å²) in [4.78, 5) is 15.4. The Balaban J connectivity index is 2.13. The minimum Gasteiger partial charge on any atom is -0.398 e. The number of nitrogens with two attached hydrogens (primary N) is 1. The summed E-state index contributed by atoms with van der Waals surface area (Å²) in [5.41, 5.74) is 6.77. The van der Waals surface area contributed by atoms with Gasteiger partial charge in [-0.2, -0.15) is 0 Å². The second kappa shape index (κ2) is 6.29. The first-order valence-corrected chi connectivity index (χ1v) is 7.59. The Morgan fingerprint density at radius 1 is 1.45 bits per heavy atom. The molecule has 0 bridgehead atoms. The monoisotopic (exact) mass is 308 g/mol. The van der Waals surface area contributed by atoms with Crippen LogP contribution in [-0.2, 0) is 6.42 Å². The van der Waals surface area contributed by atoms with Gasteiger partial charge in [-0.1, -0.05) is 17.7 Å². The summed E-state index contributed by atoms with van der Waals surface area (Å²) in [5.74, 6) is -0.103. The van der Waals surface area contributed by atoms with Crippen LogP contribution >= 0.6 is 22.9 Å². The van der Waals surface area contributed by atoms with Gasteiger partial charge in [-0.25, -0.2) is 0 Å². The van der Waals surface area contributed by atoms with E-state index < -0.39 is 0 Å². The molecule has 0 fully saturated rings. The molecule has 0 aliphatic rings. The molecule has 1 unspecified atom stereocenters. The summed E-state index contributed by atoms with van der Waals surface area (Å²) in [6, 6.07) is 9.15. The molecular weight excluding hydrogens is 292 g/mol. The van der Waals surface area contributed by atoms with Crippen LogP contribution in [-0.4, -0.2) is 23.9 Å². The fourth-order valence-corrected chi connectivity index (χ4v) is 2.96. The standard InChI is InChI=1S/C15H17ClN2OS/c1-10(8-12-4-3-7-20-12)18(2)15(19)13-9-11(16)5-6-14(13)17/h3-7,9-10H,8,17H2,1-2H3. The summed E-state index contributed by atoms with van der Waals surface area (Å²) in [5, 5.41) is 2.56. The highest BCUT2D eigenvalue weighted by molar-refractivity contribution is 7.09. The van der Waals surface area contributed by atoms with Gasteiger partial charge in [0.25, 0.3) is 5.91 Å². The third-order valence-electron chi connectivity index (χ3n) is 3.30. The van der Waals surface area contributed by atoms with E-state index in [4.69, 9.17) is 17.3 Å². The van der Waals surface area contributed by atoms with E-state index in [0.717, 1.165) is 6.42 Å². The van der Waals surface area contributed by atoms with Crippen molar-refractivity contribution in [1.29, 1.82) is 0 Å². The number of thiophene rings is 1. The molecule has 0 spiro atoms. The molecule has 0 radical (unpaired) electrons. The van der Waals surface area contributed by atoms with Crippen LogP contribution < -0.4 is 5.73 Å². The molecule has 1 aromatic heterocycles. The number of carbonyl (C=O) groups is 1. The summed E-state index contributed by atoms with van der Waals surface area (Å²) >= 11 is 7.63. The third-order valence-corrected chi connectivity index (χ3v) is 4.44. The molecule has 1 aromatic carbocycles. The van der Waals surface area contributed by atoms with Gasteiger partial charge < -0.3 is 10.6 Å². The van der Waals surface area contributed by atoms with Crippen LogP contribution in [0.4, 0.5) is 5.69 Å². The van der Waals surface area contributed by atoms with Gasteiger partial charge in [-0.15, -0.1) is 11.3 Å². The van der Waals surface area contributed by atoms with Crippen molar-refractivity contribution in [3.05, 3.63) is 51.2 Å². The average Bonchev–Trinajstić information content (AvgIpc) is 2.92. The number of hydrogen-bond donors (Lipinski definition) is 1. The van der Waals surface area contributed by atoms with Crippen LogP contribution in [0.15, 0.2) is 35.7 Å². The minimum absolute atomic E-state index is 0.0968. The highest BCUT2D eigenvalue weighted by Gasteiger charge is 2.20. The van der Waals surface area contributed by atoms with E-state index in [0.29, 0.717) is 16.3 Å². The molecule has 0 aliphatic carbocycles. The van der Waals surface area contributed by atoms with Crippen molar-refractivity contribution < 1.29 is 4.79 Å². The molecular formula is C15H17ClN2OS. The molecule has 20 heavy (non-hydrogen) atoms. The first-order chi connectivity index (χ1) is 9.49. The smallest absolute Gasteiger partial charge is 0.255 e. The molecule has 3 nitrogen and oxygen atoms in total. The van der Waals surface area contributed by atoms with Gasteiger partial charge in [0.15, 0.2) is 0 Å². The van der Waals surface area contributed by atoms with Gasteiger partial charge >= 0.3 is 0 Å². The number of benzene rings is 1. The van der Waals surface area contributed by atoms with Gasteiger partial charge in [0.2, 0.25) is 0 Å². The Bertz CT molecular complexity index is 598. The molecule has 2 N–H and O–H groups in total. The highest BCUT2D eigenvalue weighted by Crippen LogP contribution is 2.21. The zero-order valence-electron chi connectivity index (χ0n) is 11.5. The second-order valence-corrected chi connectivity index (χ2v) is 6.25. The SMILES string of the molecule is CC(Cc1cccs1)N(C)C(=O)c1cc(Cl)ccc1N. The van der Waals surface area contributed by atoms with Gasteiger partial charge in [0, 0.05) is 35.1 Å². The van der Waals surface area contributed by atoms with Crippen LogP contribution in [0.3, 0.4) is 0 Å². The molecule has 1 atom stereocenters. The van der Waals surface area contributed by atoms with Gasteiger partial charge in [-0.3, -0.25) is 4.79 Å². The highest BCUT2D eigenvalue weighted by atomic mass is 35.5. The van der Waals surface area contributed by atoms with Crippen LogP contribution in [0, 0.1) is 0 Å². The summed E-state index contributed by atoms with van der Waals surface area (Å²) in [6.45, 7) is 2.03. The Morgan fingerprint density at radius 3 is 2.85 bits per heavy atom. The molecule has 2 aromatic rings. The van der Waals surface area contributed by atoms with E-state index in [1.54, 1.807) is 41.5 Å². The van der Waals surface area contributed by atoms with Gasteiger partial charge in [0.05, 0.1) is 5.56 Å². The van der Waals surface area contributed by atoms with Gasteiger partial charge in [-0.05, 0) is 36.6 Å². The summed E-state index contributed by atoms with van der Waals surface area (Å²) in [7, 11) is 1.79. The number of carbonyl (C=O) groups excluding carboxylic acids is 1. The summed E-state index contributed by atoms with van der Waals surface area (Å²) in [6.07, 6.45) is 0.834. The predicted molar refractivity (Wildman–Crippen MR) is 85.4 cm³/mol. The number of nitrogen functional groups attached to an aromatic ring is 1. The topological polar surface area (TPSA) is 46.3 Å². The normalized spacial score (nSPS) is 12.2. The molecule has 5 heteroatoms. The fourth-order valence-electron chi connectivity index (χ4n) is 1.96. The second-order valence-electron chi connectivity index (χ2n) is 4.78.